The van der Waals surface area contributed by atoms with E-state index in [0.29, 0.717) is 18.2 Å². The lowest BCUT2D eigenvalue weighted by Gasteiger charge is -2.35. The topological polar surface area (TPSA) is 64.8 Å². The highest BCUT2D eigenvalue weighted by atomic mass is 16.2. The summed E-state index contributed by atoms with van der Waals surface area (Å²) in [5.41, 5.74) is 10.6. The maximum atomic E-state index is 13.5. The predicted octanol–water partition coefficient (Wildman–Crippen LogP) is 2.87. The number of nitrogens with zero attached hydrogens (tertiary/aromatic N) is 3. The molecular weight excluding hydrogens is 350 g/mol. The van der Waals surface area contributed by atoms with Gasteiger partial charge in [-0.25, -0.2) is 0 Å². The number of fused-ring (bicyclic) bond motifs is 1. The van der Waals surface area contributed by atoms with Crippen LogP contribution in [0, 0.1) is 0 Å². The van der Waals surface area contributed by atoms with E-state index in [1.165, 1.54) is 0 Å². The fraction of sp³-hybridized carbons (Fsp3) is 0.409. The van der Waals surface area contributed by atoms with E-state index in [1.807, 2.05) is 47.4 Å². The van der Waals surface area contributed by atoms with Gasteiger partial charge >= 0.3 is 0 Å². The molecule has 4 rings (SSSR count). The van der Waals surface area contributed by atoms with Crippen molar-refractivity contribution in [2.75, 3.05) is 60.6 Å². The smallest absolute Gasteiger partial charge is 0.258 e. The predicted molar refractivity (Wildman–Crippen MR) is 116 cm³/mol. The molecule has 2 heterocycles. The first-order valence-electron chi connectivity index (χ1n) is 10.0. The van der Waals surface area contributed by atoms with Gasteiger partial charge in [0, 0.05) is 44.3 Å². The summed E-state index contributed by atoms with van der Waals surface area (Å²) in [4.78, 5) is 19.9. The first-order valence-corrected chi connectivity index (χ1v) is 10.0. The van der Waals surface area contributed by atoms with Crippen molar-refractivity contribution in [1.29, 1.82) is 0 Å². The first kappa shape index (κ1) is 18.6. The van der Waals surface area contributed by atoms with E-state index in [0.717, 1.165) is 55.3 Å². The number of piperazine rings is 1. The third-order valence-corrected chi connectivity index (χ3v) is 5.75. The minimum absolute atomic E-state index is 0.0266. The van der Waals surface area contributed by atoms with Crippen LogP contribution in [-0.4, -0.2) is 56.6 Å². The van der Waals surface area contributed by atoms with Crippen LogP contribution in [0.1, 0.15) is 23.7 Å². The number of rotatable bonds is 2. The van der Waals surface area contributed by atoms with Crippen molar-refractivity contribution in [1.82, 2.24) is 4.90 Å². The van der Waals surface area contributed by atoms with Crippen LogP contribution in [0.2, 0.25) is 0 Å². The summed E-state index contributed by atoms with van der Waals surface area (Å²) in [6, 6.07) is 14.0. The van der Waals surface area contributed by atoms with Crippen LogP contribution in [0.3, 0.4) is 0 Å². The van der Waals surface area contributed by atoms with E-state index < -0.39 is 0 Å². The molecule has 2 aromatic carbocycles. The number of carbonyl (C=O) groups excluding carboxylic acids is 1. The van der Waals surface area contributed by atoms with Gasteiger partial charge < -0.3 is 25.8 Å². The Labute approximate surface area is 166 Å². The van der Waals surface area contributed by atoms with E-state index in [-0.39, 0.29) is 5.91 Å². The Kier molecular flexibility index (Phi) is 5.13. The molecule has 28 heavy (non-hydrogen) atoms. The Morgan fingerprint density at radius 2 is 1.79 bits per heavy atom. The van der Waals surface area contributed by atoms with Crippen LogP contribution in [0.25, 0.3) is 0 Å². The SMILES string of the molecule is C[C@H]1CCN(C(=O)c2ccc(N)c(N3CCN(C)CC3)c2)c2ccccc2N1. The van der Waals surface area contributed by atoms with Gasteiger partial charge in [-0.3, -0.25) is 4.79 Å². The van der Waals surface area contributed by atoms with Gasteiger partial charge in [-0.05, 0) is 50.7 Å². The Morgan fingerprint density at radius 1 is 1.04 bits per heavy atom. The highest BCUT2D eigenvalue weighted by Crippen LogP contribution is 2.32. The molecule has 0 unspecified atom stereocenters. The van der Waals surface area contributed by atoms with E-state index in [2.05, 4.69) is 29.1 Å². The second kappa shape index (κ2) is 7.72. The van der Waals surface area contributed by atoms with Crippen LogP contribution >= 0.6 is 0 Å². The largest absolute Gasteiger partial charge is 0.397 e. The number of hydrogen-bond acceptors (Lipinski definition) is 5. The molecule has 1 fully saturated rings. The summed E-state index contributed by atoms with van der Waals surface area (Å²) in [7, 11) is 2.13. The van der Waals surface area contributed by atoms with Crippen LogP contribution in [-0.2, 0) is 0 Å². The van der Waals surface area contributed by atoms with Crippen molar-refractivity contribution in [2.24, 2.45) is 0 Å². The Hall–Kier alpha value is -2.73. The van der Waals surface area contributed by atoms with Crippen molar-refractivity contribution in [3.05, 3.63) is 48.0 Å². The molecule has 2 aliphatic heterocycles. The summed E-state index contributed by atoms with van der Waals surface area (Å²) in [6.45, 7) is 6.69. The molecule has 3 N–H and O–H groups in total. The molecule has 0 aliphatic carbocycles. The lowest BCUT2D eigenvalue weighted by atomic mass is 10.1. The second-order valence-electron chi connectivity index (χ2n) is 7.87. The molecule has 1 atom stereocenters. The van der Waals surface area contributed by atoms with Gasteiger partial charge in [0.2, 0.25) is 0 Å². The van der Waals surface area contributed by atoms with Gasteiger partial charge in [-0.15, -0.1) is 0 Å². The number of carbonyl (C=O) groups is 1. The number of para-hydroxylation sites is 2. The van der Waals surface area contributed by atoms with Crippen LogP contribution in [0.15, 0.2) is 42.5 Å². The summed E-state index contributed by atoms with van der Waals surface area (Å²) in [5.74, 6) is 0.0266. The normalized spacial score (nSPS) is 20.3. The zero-order valence-electron chi connectivity index (χ0n) is 16.7. The summed E-state index contributed by atoms with van der Waals surface area (Å²) < 4.78 is 0. The fourth-order valence-corrected chi connectivity index (χ4v) is 3.98. The molecule has 148 valence electrons. The van der Waals surface area contributed by atoms with Crippen molar-refractivity contribution >= 4 is 28.7 Å². The number of amides is 1. The molecule has 2 aromatic rings. The molecule has 0 saturated carbocycles. The average Bonchev–Trinajstić information content (AvgIpc) is 2.87. The highest BCUT2D eigenvalue weighted by Gasteiger charge is 2.25. The van der Waals surface area contributed by atoms with Gasteiger partial charge in [-0.2, -0.15) is 0 Å². The number of benzene rings is 2. The van der Waals surface area contributed by atoms with Crippen molar-refractivity contribution in [3.63, 3.8) is 0 Å². The van der Waals surface area contributed by atoms with Crippen molar-refractivity contribution < 1.29 is 4.79 Å². The molecule has 0 spiro atoms. The maximum Gasteiger partial charge on any atom is 0.258 e. The average molecular weight is 380 g/mol. The second-order valence-corrected chi connectivity index (χ2v) is 7.87. The van der Waals surface area contributed by atoms with Gasteiger partial charge in [0.15, 0.2) is 0 Å². The molecule has 1 saturated heterocycles. The number of hydrogen-bond donors (Lipinski definition) is 2. The lowest BCUT2D eigenvalue weighted by Crippen LogP contribution is -2.44. The minimum Gasteiger partial charge on any atom is -0.397 e. The van der Waals surface area contributed by atoms with E-state index in [9.17, 15) is 4.79 Å². The van der Waals surface area contributed by atoms with Crippen LogP contribution < -0.4 is 20.9 Å². The number of nitrogen functional groups attached to an aromatic ring is 1. The minimum atomic E-state index is 0.0266. The summed E-state index contributed by atoms with van der Waals surface area (Å²) >= 11 is 0. The highest BCUT2D eigenvalue weighted by molar-refractivity contribution is 6.08. The fourth-order valence-electron chi connectivity index (χ4n) is 3.98. The molecule has 0 radical (unpaired) electrons. The lowest BCUT2D eigenvalue weighted by molar-refractivity contribution is 0.0987. The van der Waals surface area contributed by atoms with Crippen molar-refractivity contribution in [3.8, 4) is 0 Å². The molecular formula is C22H29N5O. The van der Waals surface area contributed by atoms with E-state index >= 15 is 0 Å². The quantitative estimate of drug-likeness (QED) is 0.786. The number of anilines is 4. The van der Waals surface area contributed by atoms with E-state index in [1.54, 1.807) is 0 Å². The molecule has 6 heteroatoms. The third kappa shape index (κ3) is 3.64. The van der Waals surface area contributed by atoms with E-state index in [4.69, 9.17) is 5.73 Å². The molecule has 0 aromatic heterocycles. The van der Waals surface area contributed by atoms with Gasteiger partial charge in [0.1, 0.15) is 0 Å². The number of likely N-dealkylation sites (N-methyl/N-ethyl adjacent to an activating group) is 1. The van der Waals surface area contributed by atoms with Crippen LogP contribution in [0.5, 0.6) is 0 Å². The zero-order chi connectivity index (χ0) is 19.7. The summed E-state index contributed by atoms with van der Waals surface area (Å²) in [6.07, 6.45) is 0.903. The van der Waals surface area contributed by atoms with Gasteiger partial charge in [0.25, 0.3) is 5.91 Å². The zero-order valence-corrected chi connectivity index (χ0v) is 16.7. The number of nitrogens with two attached hydrogens (primary N) is 1. The third-order valence-electron chi connectivity index (χ3n) is 5.75. The Bertz CT molecular complexity index is 860. The molecule has 6 nitrogen and oxygen atoms in total. The molecule has 0 bridgehead atoms. The monoisotopic (exact) mass is 379 g/mol. The Balaban J connectivity index is 1.64. The van der Waals surface area contributed by atoms with Crippen LogP contribution in [0.4, 0.5) is 22.7 Å². The van der Waals surface area contributed by atoms with Gasteiger partial charge in [0.05, 0.1) is 22.7 Å². The first-order chi connectivity index (χ1) is 13.5. The summed E-state index contributed by atoms with van der Waals surface area (Å²) in [5, 5.41) is 3.51. The van der Waals surface area contributed by atoms with Crippen molar-refractivity contribution in [2.45, 2.75) is 19.4 Å². The molecule has 1 amide bonds. The standard InChI is InChI=1S/C22H29N5O/c1-16-9-10-27(20-6-4-3-5-19(20)24-16)22(28)17-7-8-18(23)21(15-17)26-13-11-25(2)12-14-26/h3-8,15-16,24H,9-14,23H2,1-2H3/t16-/m0/s1. The number of nitrogens with one attached hydrogen (secondary N) is 1. The Morgan fingerprint density at radius 3 is 2.57 bits per heavy atom. The molecule has 2 aliphatic rings. The maximum absolute atomic E-state index is 13.5. The van der Waals surface area contributed by atoms with Gasteiger partial charge in [-0.1, -0.05) is 12.1 Å².